The topological polar surface area (TPSA) is 132 Å². The lowest BCUT2D eigenvalue weighted by Gasteiger charge is -1.98. The number of hydrazone groups is 1. The summed E-state index contributed by atoms with van der Waals surface area (Å²) in [4.78, 5) is 27.6. The third-order valence-corrected chi connectivity index (χ3v) is 2.79. The number of nitrogens with zero attached hydrogens (tertiary/aromatic N) is 3. The molecule has 0 spiro atoms. The first-order valence-corrected chi connectivity index (χ1v) is 6.06. The Kier molecular flexibility index (Phi) is 3.40. The van der Waals surface area contributed by atoms with Crippen molar-refractivity contribution in [3.63, 3.8) is 0 Å². The highest BCUT2D eigenvalue weighted by Gasteiger charge is 2.22. The Bertz CT molecular complexity index is 769. The van der Waals surface area contributed by atoms with Crippen LogP contribution in [0.1, 0.15) is 16.1 Å². The lowest BCUT2D eigenvalue weighted by molar-refractivity contribution is -0.389. The van der Waals surface area contributed by atoms with Crippen molar-refractivity contribution in [3.8, 4) is 11.5 Å². The van der Waals surface area contributed by atoms with Crippen LogP contribution in [0.5, 0.6) is 11.5 Å². The molecule has 0 saturated carbocycles. The molecule has 0 bridgehead atoms. The van der Waals surface area contributed by atoms with E-state index in [-0.39, 0.29) is 12.5 Å². The molecular formula is C12H9N5O5. The number of ether oxygens (including phenoxy) is 2. The highest BCUT2D eigenvalue weighted by molar-refractivity contribution is 5.96. The number of nitrogens with one attached hydrogen (secondary N) is 2. The van der Waals surface area contributed by atoms with Crippen LogP contribution in [-0.2, 0) is 0 Å². The first-order valence-electron chi connectivity index (χ1n) is 6.06. The Morgan fingerprint density at radius 3 is 3.09 bits per heavy atom. The van der Waals surface area contributed by atoms with Crippen LogP contribution in [0, 0.1) is 10.1 Å². The summed E-state index contributed by atoms with van der Waals surface area (Å²) >= 11 is 0. The Morgan fingerprint density at radius 1 is 1.45 bits per heavy atom. The molecule has 10 nitrogen and oxygen atoms in total. The smallest absolute Gasteiger partial charge is 0.353 e. The first-order chi connectivity index (χ1) is 10.6. The van der Waals surface area contributed by atoms with Crippen LogP contribution in [0.3, 0.4) is 0 Å². The minimum Gasteiger partial charge on any atom is -0.454 e. The molecule has 3 rings (SSSR count). The Labute approximate surface area is 122 Å². The predicted octanol–water partition coefficient (Wildman–Crippen LogP) is 0.810. The second-order valence-electron chi connectivity index (χ2n) is 4.17. The molecule has 2 aromatic rings. The van der Waals surface area contributed by atoms with Gasteiger partial charge >= 0.3 is 5.82 Å². The summed E-state index contributed by atoms with van der Waals surface area (Å²) in [6.45, 7) is 0.162. The standard InChI is InChI=1S/C12H9N5O5/c18-12(10-11(17(19)20)14-5-13-10)16-15-4-7-1-2-8-9(3-7)22-6-21-8/h1-5H,6H2,(H,13,14)(H,16,18). The number of H-pyrrole nitrogens is 1. The number of hydrogen-bond acceptors (Lipinski definition) is 7. The number of carbonyl (C=O) groups is 1. The van der Waals surface area contributed by atoms with Crippen molar-refractivity contribution >= 4 is 17.9 Å². The molecule has 0 unspecified atom stereocenters. The summed E-state index contributed by atoms with van der Waals surface area (Å²) in [5, 5.41) is 14.4. The minimum absolute atomic E-state index is 0.162. The molecule has 112 valence electrons. The van der Waals surface area contributed by atoms with Crippen molar-refractivity contribution in [1.82, 2.24) is 15.4 Å². The maximum atomic E-state index is 11.8. The molecule has 2 N–H and O–H groups in total. The van der Waals surface area contributed by atoms with Crippen molar-refractivity contribution < 1.29 is 19.2 Å². The summed E-state index contributed by atoms with van der Waals surface area (Å²) in [7, 11) is 0. The van der Waals surface area contributed by atoms with E-state index in [9.17, 15) is 14.9 Å². The molecule has 1 aliphatic rings. The van der Waals surface area contributed by atoms with Crippen molar-refractivity contribution in [3.05, 3.63) is 45.9 Å². The van der Waals surface area contributed by atoms with E-state index >= 15 is 0 Å². The average Bonchev–Trinajstić information content (AvgIpc) is 3.15. The number of benzene rings is 1. The normalized spacial score (nSPS) is 12.5. The maximum absolute atomic E-state index is 11.8. The summed E-state index contributed by atoms with van der Waals surface area (Å²) in [6.07, 6.45) is 2.44. The van der Waals surface area contributed by atoms with E-state index < -0.39 is 16.6 Å². The number of imidazole rings is 1. The monoisotopic (exact) mass is 303 g/mol. The molecule has 1 aromatic carbocycles. The van der Waals surface area contributed by atoms with E-state index in [2.05, 4.69) is 20.5 Å². The number of hydrogen-bond donors (Lipinski definition) is 2. The van der Waals surface area contributed by atoms with Gasteiger partial charge in [0.05, 0.1) is 6.21 Å². The number of nitro groups is 1. The highest BCUT2D eigenvalue weighted by atomic mass is 16.7. The van der Waals surface area contributed by atoms with Gasteiger partial charge in [-0.05, 0) is 28.7 Å². The van der Waals surface area contributed by atoms with Gasteiger partial charge < -0.3 is 19.6 Å². The first kappa shape index (κ1) is 13.5. The van der Waals surface area contributed by atoms with E-state index in [1.165, 1.54) is 6.21 Å². The van der Waals surface area contributed by atoms with Crippen LogP contribution < -0.4 is 14.9 Å². The number of rotatable bonds is 4. The van der Waals surface area contributed by atoms with E-state index in [0.717, 1.165) is 6.33 Å². The highest BCUT2D eigenvalue weighted by Crippen LogP contribution is 2.31. The second kappa shape index (κ2) is 5.52. The van der Waals surface area contributed by atoms with Crippen molar-refractivity contribution in [2.45, 2.75) is 0 Å². The Balaban J connectivity index is 1.68. The van der Waals surface area contributed by atoms with Gasteiger partial charge in [-0.1, -0.05) is 0 Å². The van der Waals surface area contributed by atoms with Crippen LogP contribution in [0.2, 0.25) is 0 Å². The number of aromatic nitrogens is 2. The van der Waals surface area contributed by atoms with Crippen LogP contribution in [0.4, 0.5) is 5.82 Å². The van der Waals surface area contributed by atoms with Gasteiger partial charge in [0.25, 0.3) is 5.91 Å². The van der Waals surface area contributed by atoms with Crippen LogP contribution >= 0.6 is 0 Å². The zero-order valence-electron chi connectivity index (χ0n) is 11.0. The van der Waals surface area contributed by atoms with E-state index in [1.54, 1.807) is 18.2 Å². The fourth-order valence-corrected chi connectivity index (χ4v) is 1.80. The van der Waals surface area contributed by atoms with Gasteiger partial charge in [-0.2, -0.15) is 5.10 Å². The van der Waals surface area contributed by atoms with Gasteiger partial charge in [0.2, 0.25) is 12.5 Å². The van der Waals surface area contributed by atoms with Gasteiger partial charge in [-0.25, -0.2) is 15.4 Å². The van der Waals surface area contributed by atoms with Crippen LogP contribution in [0.15, 0.2) is 29.6 Å². The van der Waals surface area contributed by atoms with E-state index in [1.807, 2.05) is 0 Å². The van der Waals surface area contributed by atoms with Gasteiger partial charge in [-0.3, -0.25) is 4.79 Å². The molecule has 0 atom stereocenters. The number of carbonyl (C=O) groups excluding carboxylic acids is 1. The van der Waals surface area contributed by atoms with Crippen molar-refractivity contribution in [2.24, 2.45) is 5.10 Å². The van der Waals surface area contributed by atoms with Gasteiger partial charge in [0, 0.05) is 0 Å². The lowest BCUT2D eigenvalue weighted by Crippen LogP contribution is -2.19. The maximum Gasteiger partial charge on any atom is 0.353 e. The minimum atomic E-state index is -0.787. The fourth-order valence-electron chi connectivity index (χ4n) is 1.80. The summed E-state index contributed by atoms with van der Waals surface area (Å²) in [6, 6.07) is 5.12. The molecule has 0 fully saturated rings. The molecule has 0 saturated heterocycles. The molecule has 1 aromatic heterocycles. The second-order valence-corrected chi connectivity index (χ2v) is 4.17. The largest absolute Gasteiger partial charge is 0.454 e. The van der Waals surface area contributed by atoms with Gasteiger partial charge in [0.1, 0.15) is 0 Å². The predicted molar refractivity (Wildman–Crippen MR) is 72.9 cm³/mol. The Morgan fingerprint density at radius 2 is 2.27 bits per heavy atom. The number of amides is 1. The molecule has 0 aliphatic carbocycles. The van der Waals surface area contributed by atoms with Crippen LogP contribution in [-0.4, -0.2) is 33.8 Å². The average molecular weight is 303 g/mol. The van der Waals surface area contributed by atoms with Gasteiger partial charge in [-0.15, -0.1) is 0 Å². The third kappa shape index (κ3) is 2.57. The van der Waals surface area contributed by atoms with Gasteiger partial charge in [0.15, 0.2) is 17.8 Å². The quantitative estimate of drug-likeness (QED) is 0.488. The van der Waals surface area contributed by atoms with Crippen molar-refractivity contribution in [2.75, 3.05) is 6.79 Å². The molecule has 1 aliphatic heterocycles. The SMILES string of the molecule is O=C(NN=Cc1ccc2c(c1)OCO2)c1nc[nH]c1[N+](=O)[O-]. The van der Waals surface area contributed by atoms with Crippen LogP contribution in [0.25, 0.3) is 0 Å². The summed E-state index contributed by atoms with van der Waals surface area (Å²) in [5.74, 6) is -0.0627. The van der Waals surface area contributed by atoms with E-state index in [4.69, 9.17) is 9.47 Å². The zero-order valence-corrected chi connectivity index (χ0v) is 11.0. The summed E-state index contributed by atoms with van der Waals surface area (Å²) < 4.78 is 10.4. The zero-order chi connectivity index (χ0) is 15.5. The molecule has 2 heterocycles. The molecule has 22 heavy (non-hydrogen) atoms. The van der Waals surface area contributed by atoms with Crippen molar-refractivity contribution in [1.29, 1.82) is 0 Å². The summed E-state index contributed by atoms with van der Waals surface area (Å²) in [5.41, 5.74) is 2.50. The molecular weight excluding hydrogens is 294 g/mol. The number of fused-ring (bicyclic) bond motifs is 1. The fraction of sp³-hybridized carbons (Fsp3) is 0.0833. The molecule has 10 heteroatoms. The Hall–Kier alpha value is -3.43. The molecule has 0 radical (unpaired) electrons. The van der Waals surface area contributed by atoms with E-state index in [0.29, 0.717) is 17.1 Å². The third-order valence-electron chi connectivity index (χ3n) is 2.79. The molecule has 1 amide bonds. The number of aromatic amines is 1. The lowest BCUT2D eigenvalue weighted by atomic mass is 10.2.